The summed E-state index contributed by atoms with van der Waals surface area (Å²) in [6, 6.07) is 9.71. The summed E-state index contributed by atoms with van der Waals surface area (Å²) in [5.41, 5.74) is 7.50. The van der Waals surface area contributed by atoms with Crippen LogP contribution in [0.25, 0.3) is 11.3 Å². The van der Waals surface area contributed by atoms with E-state index < -0.39 is 11.7 Å². The Morgan fingerprint density at radius 1 is 1.16 bits per heavy atom. The molecule has 1 aromatic heterocycles. The van der Waals surface area contributed by atoms with Gasteiger partial charge in [-0.1, -0.05) is 17.7 Å². The van der Waals surface area contributed by atoms with Gasteiger partial charge in [-0.3, -0.25) is 5.10 Å². The molecule has 0 saturated heterocycles. The average Bonchev–Trinajstić information content (AvgIpc) is 3.21. The Morgan fingerprint density at radius 2 is 1.84 bits per heavy atom. The summed E-state index contributed by atoms with van der Waals surface area (Å²) in [6.45, 7) is 0. The number of H-pyrrole nitrogens is 1. The van der Waals surface area contributed by atoms with Gasteiger partial charge in [0.25, 0.3) is 0 Å². The Morgan fingerprint density at radius 3 is 2.41 bits per heavy atom. The van der Waals surface area contributed by atoms with E-state index in [1.165, 1.54) is 33.5 Å². The SMILES string of the molecule is COc1cc(-c2[nH]nc3c2C(c2c(F)cccc2Cl)C(C#N)=C(N)O3)cc(OC)c1OC. The first-order chi connectivity index (χ1) is 15.4. The smallest absolute Gasteiger partial charge is 0.244 e. The Kier molecular flexibility index (Phi) is 5.55. The second kappa shape index (κ2) is 8.32. The molecule has 1 aliphatic rings. The van der Waals surface area contributed by atoms with Gasteiger partial charge in [-0.15, -0.1) is 5.10 Å². The van der Waals surface area contributed by atoms with Crippen LogP contribution in [-0.2, 0) is 0 Å². The van der Waals surface area contributed by atoms with E-state index in [1.807, 2.05) is 6.07 Å². The fraction of sp³-hybridized carbons (Fsp3) is 0.182. The molecule has 3 N–H and O–H groups in total. The highest BCUT2D eigenvalue weighted by Crippen LogP contribution is 2.49. The van der Waals surface area contributed by atoms with Crippen LogP contribution in [0.4, 0.5) is 4.39 Å². The van der Waals surface area contributed by atoms with E-state index in [4.69, 9.17) is 36.3 Å². The maximum atomic E-state index is 15.0. The monoisotopic (exact) mass is 456 g/mol. The summed E-state index contributed by atoms with van der Waals surface area (Å²) in [7, 11) is 4.48. The number of aromatic nitrogens is 2. The van der Waals surface area contributed by atoms with Crippen LogP contribution in [0, 0.1) is 17.1 Å². The van der Waals surface area contributed by atoms with Crippen molar-refractivity contribution in [2.24, 2.45) is 5.73 Å². The lowest BCUT2D eigenvalue weighted by atomic mass is 9.82. The van der Waals surface area contributed by atoms with E-state index in [9.17, 15) is 9.65 Å². The largest absolute Gasteiger partial charge is 0.493 e. The van der Waals surface area contributed by atoms with Gasteiger partial charge in [0.1, 0.15) is 17.5 Å². The van der Waals surface area contributed by atoms with Crippen molar-refractivity contribution in [3.63, 3.8) is 0 Å². The number of benzene rings is 2. The van der Waals surface area contributed by atoms with Crippen molar-refractivity contribution in [2.75, 3.05) is 21.3 Å². The third-order valence-corrected chi connectivity index (χ3v) is 5.51. The lowest BCUT2D eigenvalue weighted by molar-refractivity contribution is 0.324. The molecular formula is C22H18ClFN4O4. The summed E-state index contributed by atoms with van der Waals surface area (Å²) in [6.07, 6.45) is 0. The molecule has 0 bridgehead atoms. The summed E-state index contributed by atoms with van der Waals surface area (Å²) >= 11 is 6.36. The zero-order chi connectivity index (χ0) is 23.0. The van der Waals surface area contributed by atoms with E-state index in [2.05, 4.69) is 10.2 Å². The maximum Gasteiger partial charge on any atom is 0.244 e. The first-order valence-corrected chi connectivity index (χ1v) is 9.73. The molecule has 2 heterocycles. The van der Waals surface area contributed by atoms with Crippen LogP contribution in [0.5, 0.6) is 23.1 Å². The highest BCUT2D eigenvalue weighted by atomic mass is 35.5. The Bertz CT molecular complexity index is 1240. The first kappa shape index (κ1) is 21.3. The molecule has 0 fully saturated rings. The highest BCUT2D eigenvalue weighted by Gasteiger charge is 2.38. The maximum absolute atomic E-state index is 15.0. The van der Waals surface area contributed by atoms with Gasteiger partial charge in [0.15, 0.2) is 11.5 Å². The van der Waals surface area contributed by atoms with Gasteiger partial charge in [-0.2, -0.15) is 5.26 Å². The lowest BCUT2D eigenvalue weighted by Gasteiger charge is -2.25. The summed E-state index contributed by atoms with van der Waals surface area (Å²) in [4.78, 5) is 0. The summed E-state index contributed by atoms with van der Waals surface area (Å²) in [5.74, 6) is -0.407. The number of hydrogen-bond donors (Lipinski definition) is 2. The van der Waals surface area contributed by atoms with E-state index in [1.54, 1.807) is 18.2 Å². The van der Waals surface area contributed by atoms with E-state index in [0.717, 1.165) is 0 Å². The van der Waals surface area contributed by atoms with Crippen LogP contribution in [0.3, 0.4) is 0 Å². The number of nitrogens with one attached hydrogen (secondary N) is 1. The number of nitriles is 1. The second-order valence-corrected chi connectivity index (χ2v) is 7.20. The number of nitrogens with zero attached hydrogens (tertiary/aromatic N) is 2. The fourth-order valence-electron chi connectivity index (χ4n) is 3.77. The molecule has 4 rings (SSSR count). The number of ether oxygens (including phenoxy) is 4. The van der Waals surface area contributed by atoms with E-state index in [0.29, 0.717) is 34.1 Å². The fourth-order valence-corrected chi connectivity index (χ4v) is 4.04. The molecule has 0 radical (unpaired) electrons. The Hall–Kier alpha value is -3.90. The first-order valence-electron chi connectivity index (χ1n) is 9.35. The quantitative estimate of drug-likeness (QED) is 0.593. The molecule has 10 heteroatoms. The number of fused-ring (bicyclic) bond motifs is 1. The molecule has 1 aliphatic heterocycles. The number of aromatic amines is 1. The third kappa shape index (κ3) is 3.25. The van der Waals surface area contributed by atoms with Crippen molar-refractivity contribution in [2.45, 2.75) is 5.92 Å². The van der Waals surface area contributed by atoms with Gasteiger partial charge in [-0.05, 0) is 24.3 Å². The van der Waals surface area contributed by atoms with Gasteiger partial charge in [0.05, 0.1) is 38.5 Å². The Balaban J connectivity index is 2.01. The van der Waals surface area contributed by atoms with Crippen LogP contribution < -0.4 is 24.7 Å². The topological polar surface area (TPSA) is 115 Å². The summed E-state index contributed by atoms with van der Waals surface area (Å²) < 4.78 is 36.8. The van der Waals surface area contributed by atoms with Gasteiger partial charge in [0, 0.05) is 16.1 Å². The molecule has 1 unspecified atom stereocenters. The molecule has 8 nitrogen and oxygen atoms in total. The number of nitrogens with two attached hydrogens (primary N) is 1. The minimum absolute atomic E-state index is 0.0135. The molecule has 32 heavy (non-hydrogen) atoms. The predicted molar refractivity (Wildman–Crippen MR) is 114 cm³/mol. The minimum atomic E-state index is -0.953. The molecule has 0 spiro atoms. The van der Waals surface area contributed by atoms with Crippen LogP contribution in [-0.4, -0.2) is 31.5 Å². The van der Waals surface area contributed by atoms with Crippen molar-refractivity contribution >= 4 is 11.6 Å². The van der Waals surface area contributed by atoms with Crippen molar-refractivity contribution in [1.29, 1.82) is 5.26 Å². The molecule has 1 atom stereocenters. The van der Waals surface area contributed by atoms with Crippen molar-refractivity contribution in [3.8, 4) is 40.5 Å². The number of hydrogen-bond acceptors (Lipinski definition) is 7. The number of allylic oxidation sites excluding steroid dienone is 1. The molecule has 0 amide bonds. The molecule has 164 valence electrons. The molecule has 0 aliphatic carbocycles. The van der Waals surface area contributed by atoms with Crippen LogP contribution in [0.15, 0.2) is 41.8 Å². The van der Waals surface area contributed by atoms with Crippen molar-refractivity contribution < 1.29 is 23.3 Å². The van der Waals surface area contributed by atoms with Gasteiger partial charge < -0.3 is 24.7 Å². The number of methoxy groups -OCH3 is 3. The third-order valence-electron chi connectivity index (χ3n) is 5.18. The Labute approximate surface area is 187 Å². The van der Waals surface area contributed by atoms with Gasteiger partial charge in [0.2, 0.25) is 17.5 Å². The average molecular weight is 457 g/mol. The van der Waals surface area contributed by atoms with Gasteiger partial charge >= 0.3 is 0 Å². The molecule has 2 aromatic carbocycles. The van der Waals surface area contributed by atoms with Gasteiger partial charge in [-0.25, -0.2) is 4.39 Å². The number of rotatable bonds is 5. The van der Waals surface area contributed by atoms with Crippen molar-refractivity contribution in [3.05, 3.63) is 63.8 Å². The zero-order valence-electron chi connectivity index (χ0n) is 17.3. The van der Waals surface area contributed by atoms with E-state index in [-0.39, 0.29) is 27.9 Å². The summed E-state index contributed by atoms with van der Waals surface area (Å²) in [5, 5.41) is 17.0. The van der Waals surface area contributed by atoms with Crippen molar-refractivity contribution in [1.82, 2.24) is 10.2 Å². The standard InChI is InChI=1S/C22H18ClFN4O4/c1-29-14-7-10(8-15(30-2)20(14)31-3)19-18-16(17-12(23)5-4-6-13(17)24)11(9-25)21(26)32-22(18)28-27-19/h4-8,16H,26H2,1-3H3,(H,27,28). The lowest BCUT2D eigenvalue weighted by Crippen LogP contribution is -2.21. The molecule has 0 saturated carbocycles. The zero-order valence-corrected chi connectivity index (χ0v) is 18.1. The highest BCUT2D eigenvalue weighted by molar-refractivity contribution is 6.31. The van der Waals surface area contributed by atoms with Crippen LogP contribution in [0.2, 0.25) is 5.02 Å². The molecule has 3 aromatic rings. The van der Waals surface area contributed by atoms with Crippen LogP contribution >= 0.6 is 11.6 Å². The minimum Gasteiger partial charge on any atom is -0.493 e. The number of halogens is 2. The normalized spacial score (nSPS) is 14.9. The second-order valence-electron chi connectivity index (χ2n) is 6.79. The predicted octanol–water partition coefficient (Wildman–Crippen LogP) is 4.11. The van der Waals surface area contributed by atoms with Crippen LogP contribution in [0.1, 0.15) is 17.0 Å². The molecular weight excluding hydrogens is 439 g/mol. The van der Waals surface area contributed by atoms with E-state index >= 15 is 0 Å².